The van der Waals surface area contributed by atoms with Gasteiger partial charge in [0.1, 0.15) is 5.65 Å². The Morgan fingerprint density at radius 2 is 1.60 bits per heavy atom. The number of hydrogen-bond acceptors (Lipinski definition) is 7. The number of anilines is 3. The number of benzene rings is 3. The molecule has 3 aromatic heterocycles. The molecule has 6 rings (SSSR count). The summed E-state index contributed by atoms with van der Waals surface area (Å²) in [5.74, 6) is 0.373. The Bertz CT molecular complexity index is 1990. The first-order valence-electron chi connectivity index (χ1n) is 15.4. The van der Waals surface area contributed by atoms with E-state index in [4.69, 9.17) is 9.97 Å². The van der Waals surface area contributed by atoms with E-state index in [2.05, 4.69) is 20.9 Å². The lowest BCUT2D eigenvalue weighted by molar-refractivity contribution is -0.121. The highest BCUT2D eigenvalue weighted by atomic mass is 16.2. The van der Waals surface area contributed by atoms with Crippen LogP contribution >= 0.6 is 0 Å². The van der Waals surface area contributed by atoms with Gasteiger partial charge in [-0.05, 0) is 74.1 Å². The van der Waals surface area contributed by atoms with E-state index < -0.39 is 0 Å². The van der Waals surface area contributed by atoms with Crippen molar-refractivity contribution in [3.05, 3.63) is 127 Å². The van der Waals surface area contributed by atoms with Crippen LogP contribution in [0.15, 0.2) is 116 Å². The quantitative estimate of drug-likeness (QED) is 0.162. The Morgan fingerprint density at radius 3 is 2.40 bits per heavy atom. The number of aromatic nitrogens is 4. The molecule has 0 bridgehead atoms. The predicted octanol–water partition coefficient (Wildman–Crippen LogP) is 5.60. The minimum Gasteiger partial charge on any atom is -0.355 e. The van der Waals surface area contributed by atoms with Gasteiger partial charge in [-0.1, -0.05) is 60.7 Å². The van der Waals surface area contributed by atoms with Crippen molar-refractivity contribution in [2.45, 2.75) is 12.8 Å². The topological polar surface area (TPSA) is 117 Å². The Kier molecular flexibility index (Phi) is 9.59. The number of nitrogens with zero attached hydrogens (tertiary/aromatic N) is 5. The molecule has 3 heterocycles. The summed E-state index contributed by atoms with van der Waals surface area (Å²) in [5, 5.41) is 9.28. The van der Waals surface area contributed by atoms with Gasteiger partial charge >= 0.3 is 0 Å². The third kappa shape index (κ3) is 8.05. The molecule has 0 aliphatic rings. The molecule has 0 fully saturated rings. The highest BCUT2D eigenvalue weighted by Crippen LogP contribution is 2.33. The summed E-state index contributed by atoms with van der Waals surface area (Å²) in [6, 6.07) is 33.1. The van der Waals surface area contributed by atoms with Crippen molar-refractivity contribution in [1.29, 1.82) is 0 Å². The number of hydrogen-bond donors (Lipinski definition) is 3. The monoisotopic (exact) mass is 624 g/mol. The number of carbonyl (C=O) groups is 2. The van der Waals surface area contributed by atoms with E-state index in [-0.39, 0.29) is 11.8 Å². The third-order valence-electron chi connectivity index (χ3n) is 7.46. The summed E-state index contributed by atoms with van der Waals surface area (Å²) < 4.78 is 2.01. The minimum absolute atomic E-state index is 0.0118. The van der Waals surface area contributed by atoms with Gasteiger partial charge in [-0.3, -0.25) is 14.0 Å². The molecule has 236 valence electrons. The van der Waals surface area contributed by atoms with Gasteiger partial charge in [0.25, 0.3) is 0 Å². The Hall–Kier alpha value is -5.87. The van der Waals surface area contributed by atoms with Gasteiger partial charge in [0.05, 0.1) is 30.0 Å². The third-order valence-corrected chi connectivity index (χ3v) is 7.46. The summed E-state index contributed by atoms with van der Waals surface area (Å²) in [7, 11) is 3.74. The smallest absolute Gasteiger partial charge is 0.234 e. The van der Waals surface area contributed by atoms with Crippen LogP contribution in [0.1, 0.15) is 11.1 Å². The van der Waals surface area contributed by atoms with Gasteiger partial charge < -0.3 is 20.9 Å². The second kappa shape index (κ2) is 14.5. The lowest BCUT2D eigenvalue weighted by atomic mass is 10.1. The summed E-state index contributed by atoms with van der Waals surface area (Å²) in [6.45, 7) is 0.952. The molecule has 3 aromatic carbocycles. The zero-order valence-electron chi connectivity index (χ0n) is 26.4. The lowest BCUT2D eigenvalue weighted by Gasteiger charge is -2.11. The molecule has 0 aliphatic heterocycles. The minimum atomic E-state index is -0.0881. The second-order valence-electron chi connectivity index (χ2n) is 11.5. The SMILES string of the molecule is CN(C)CC(=O)NCCc1ccc(Nc2nccc(-c3c(-c4cccc(NC(=O)Cc5ccccc5)c4)nc4ccccn34)n2)cc1. The Balaban J connectivity index is 1.20. The number of nitrogens with one attached hydrogen (secondary N) is 3. The van der Waals surface area contributed by atoms with Crippen molar-refractivity contribution in [3.63, 3.8) is 0 Å². The van der Waals surface area contributed by atoms with Crippen LogP contribution < -0.4 is 16.0 Å². The number of fused-ring (bicyclic) bond motifs is 1. The molecule has 47 heavy (non-hydrogen) atoms. The van der Waals surface area contributed by atoms with Crippen LogP contribution in [0.4, 0.5) is 17.3 Å². The van der Waals surface area contributed by atoms with E-state index in [1.807, 2.05) is 133 Å². The van der Waals surface area contributed by atoms with Crippen molar-refractivity contribution in [3.8, 4) is 22.6 Å². The van der Waals surface area contributed by atoms with Crippen molar-refractivity contribution in [1.82, 2.24) is 29.6 Å². The average Bonchev–Trinajstić information content (AvgIpc) is 3.46. The van der Waals surface area contributed by atoms with Crippen molar-refractivity contribution in [2.75, 3.05) is 37.8 Å². The molecule has 2 amide bonds. The van der Waals surface area contributed by atoms with E-state index in [0.717, 1.165) is 45.8 Å². The summed E-state index contributed by atoms with van der Waals surface area (Å²) in [5.41, 5.74) is 7.47. The van der Waals surface area contributed by atoms with Crippen molar-refractivity contribution >= 4 is 34.8 Å². The molecule has 10 nitrogen and oxygen atoms in total. The fourth-order valence-electron chi connectivity index (χ4n) is 5.30. The second-order valence-corrected chi connectivity index (χ2v) is 11.5. The van der Waals surface area contributed by atoms with Crippen LogP contribution in [0.2, 0.25) is 0 Å². The van der Waals surface area contributed by atoms with Gasteiger partial charge in [0.2, 0.25) is 17.8 Å². The van der Waals surface area contributed by atoms with Gasteiger partial charge in [-0.2, -0.15) is 0 Å². The number of likely N-dealkylation sites (N-methyl/N-ethyl adjacent to an activating group) is 1. The van der Waals surface area contributed by atoms with Crippen LogP contribution in [0, 0.1) is 0 Å². The largest absolute Gasteiger partial charge is 0.355 e. The number of carbonyl (C=O) groups excluding carboxylic acids is 2. The summed E-state index contributed by atoms with van der Waals surface area (Å²) in [6.07, 6.45) is 4.71. The predicted molar refractivity (Wildman–Crippen MR) is 185 cm³/mol. The van der Waals surface area contributed by atoms with E-state index in [1.54, 1.807) is 6.20 Å². The molecule has 0 unspecified atom stereocenters. The first-order chi connectivity index (χ1) is 22.9. The van der Waals surface area contributed by atoms with E-state index in [0.29, 0.717) is 36.8 Å². The zero-order valence-corrected chi connectivity index (χ0v) is 26.4. The zero-order chi connectivity index (χ0) is 32.6. The molecular weight excluding hydrogens is 588 g/mol. The average molecular weight is 625 g/mol. The van der Waals surface area contributed by atoms with Crippen LogP contribution in [0.5, 0.6) is 0 Å². The highest BCUT2D eigenvalue weighted by Gasteiger charge is 2.18. The molecule has 0 radical (unpaired) electrons. The maximum absolute atomic E-state index is 12.8. The van der Waals surface area contributed by atoms with Crippen molar-refractivity contribution < 1.29 is 9.59 Å². The summed E-state index contributed by atoms with van der Waals surface area (Å²) in [4.78, 5) is 40.8. The number of rotatable bonds is 12. The standard InChI is InChI=1S/C37H36N8O2/c1-44(2)25-34(47)38-20-18-26-14-16-29(17-15-26)41-37-39-21-19-31(42-37)36-35(43-32-13-6-7-22-45(32)36)28-11-8-12-30(24-28)40-33(46)23-27-9-4-3-5-10-27/h3-17,19,21-22,24H,18,20,23,25H2,1-2H3,(H,38,47)(H,40,46)(H,39,41,42). The maximum Gasteiger partial charge on any atom is 0.234 e. The Labute approximate surface area is 273 Å². The molecule has 3 N–H and O–H groups in total. The van der Waals surface area contributed by atoms with Crippen LogP contribution in [-0.2, 0) is 22.4 Å². The van der Waals surface area contributed by atoms with Crippen LogP contribution in [-0.4, -0.2) is 63.3 Å². The van der Waals surface area contributed by atoms with Crippen LogP contribution in [0.3, 0.4) is 0 Å². The normalized spacial score (nSPS) is 11.0. The molecular formula is C37H36N8O2. The maximum atomic E-state index is 12.8. The fraction of sp³-hybridized carbons (Fsp3) is 0.162. The number of amides is 2. The molecule has 10 heteroatoms. The van der Waals surface area contributed by atoms with Gasteiger partial charge in [-0.25, -0.2) is 15.0 Å². The van der Waals surface area contributed by atoms with Crippen molar-refractivity contribution in [2.24, 2.45) is 0 Å². The van der Waals surface area contributed by atoms with Gasteiger partial charge in [-0.15, -0.1) is 0 Å². The van der Waals surface area contributed by atoms with Gasteiger partial charge in [0.15, 0.2) is 0 Å². The molecule has 0 saturated heterocycles. The fourth-order valence-corrected chi connectivity index (χ4v) is 5.30. The molecule has 0 aliphatic carbocycles. The molecule has 6 aromatic rings. The lowest BCUT2D eigenvalue weighted by Crippen LogP contribution is -2.34. The number of pyridine rings is 1. The Morgan fingerprint density at radius 1 is 0.787 bits per heavy atom. The van der Waals surface area contributed by atoms with Gasteiger partial charge in [0, 0.05) is 35.9 Å². The highest BCUT2D eigenvalue weighted by molar-refractivity contribution is 5.93. The van der Waals surface area contributed by atoms with E-state index in [9.17, 15) is 9.59 Å². The van der Waals surface area contributed by atoms with Crippen LogP contribution in [0.25, 0.3) is 28.3 Å². The van der Waals surface area contributed by atoms with E-state index >= 15 is 0 Å². The first kappa shape index (κ1) is 31.1. The summed E-state index contributed by atoms with van der Waals surface area (Å²) >= 11 is 0. The molecule has 0 saturated carbocycles. The molecule has 0 atom stereocenters. The number of imidazole rings is 1. The first-order valence-corrected chi connectivity index (χ1v) is 15.4. The van der Waals surface area contributed by atoms with E-state index in [1.165, 1.54) is 0 Å². The molecule has 0 spiro atoms.